The summed E-state index contributed by atoms with van der Waals surface area (Å²) < 4.78 is 50.9. The Kier molecular flexibility index (Phi) is 3.09. The molecule has 0 fully saturated rings. The maximum absolute atomic E-state index is 13.3. The van der Waals surface area contributed by atoms with E-state index in [1.54, 1.807) is 29.0 Å². The van der Waals surface area contributed by atoms with Gasteiger partial charge in [0, 0.05) is 24.5 Å². The molecule has 5 heteroatoms. The molecule has 1 aromatic carbocycles. The molecule has 2 aromatic rings. The summed E-state index contributed by atoms with van der Waals surface area (Å²) in [6.45, 7) is 0.243. The molecule has 2 rings (SSSR count). The molecular formula is C12H11F4N. The standard InChI is InChI=1S/C12H11F4N/c13-10-3-1-4-11-9(10)5-8-17(11)7-2-6-12(14,15)16/h1,3-5,8H,2,6-7H2. The highest BCUT2D eigenvalue weighted by Crippen LogP contribution is 2.23. The van der Waals surface area contributed by atoms with Gasteiger partial charge in [-0.05, 0) is 24.6 Å². The molecule has 0 saturated carbocycles. The van der Waals surface area contributed by atoms with Gasteiger partial charge in [0.15, 0.2) is 0 Å². The number of aryl methyl sites for hydroxylation is 1. The summed E-state index contributed by atoms with van der Waals surface area (Å²) in [6, 6.07) is 6.17. The third-order valence-electron chi connectivity index (χ3n) is 2.62. The average Bonchev–Trinajstić information content (AvgIpc) is 2.61. The molecule has 1 heterocycles. The van der Waals surface area contributed by atoms with Gasteiger partial charge in [0.1, 0.15) is 5.82 Å². The van der Waals surface area contributed by atoms with Gasteiger partial charge in [-0.25, -0.2) is 4.39 Å². The van der Waals surface area contributed by atoms with Crippen molar-refractivity contribution in [1.29, 1.82) is 0 Å². The van der Waals surface area contributed by atoms with E-state index in [4.69, 9.17) is 0 Å². The molecule has 0 aliphatic heterocycles. The molecule has 0 bridgehead atoms. The summed E-state index contributed by atoms with van der Waals surface area (Å²) in [5.74, 6) is -0.350. The second-order valence-corrected chi connectivity index (χ2v) is 3.90. The Balaban J connectivity index is 2.12. The van der Waals surface area contributed by atoms with E-state index in [1.165, 1.54) is 6.07 Å². The van der Waals surface area contributed by atoms with Crippen LogP contribution in [0.4, 0.5) is 17.6 Å². The van der Waals surface area contributed by atoms with Crippen LogP contribution in [0.1, 0.15) is 12.8 Å². The highest BCUT2D eigenvalue weighted by Gasteiger charge is 2.26. The Morgan fingerprint density at radius 1 is 1.12 bits per heavy atom. The van der Waals surface area contributed by atoms with E-state index in [2.05, 4.69) is 0 Å². The van der Waals surface area contributed by atoms with Crippen molar-refractivity contribution >= 4 is 10.9 Å². The third kappa shape index (κ3) is 2.78. The van der Waals surface area contributed by atoms with E-state index in [0.29, 0.717) is 10.9 Å². The summed E-state index contributed by atoms with van der Waals surface area (Å²) in [7, 11) is 0. The Morgan fingerprint density at radius 3 is 2.59 bits per heavy atom. The number of aromatic nitrogens is 1. The zero-order valence-electron chi connectivity index (χ0n) is 8.97. The fourth-order valence-electron chi connectivity index (χ4n) is 1.83. The van der Waals surface area contributed by atoms with Crippen LogP contribution in [0.2, 0.25) is 0 Å². The minimum absolute atomic E-state index is 0.00376. The zero-order valence-corrected chi connectivity index (χ0v) is 8.97. The molecule has 0 aliphatic rings. The quantitative estimate of drug-likeness (QED) is 0.717. The van der Waals surface area contributed by atoms with E-state index in [1.807, 2.05) is 0 Å². The van der Waals surface area contributed by atoms with Crippen LogP contribution in [0.25, 0.3) is 10.9 Å². The maximum atomic E-state index is 13.3. The third-order valence-corrected chi connectivity index (χ3v) is 2.62. The lowest BCUT2D eigenvalue weighted by atomic mass is 10.2. The van der Waals surface area contributed by atoms with E-state index < -0.39 is 12.6 Å². The Morgan fingerprint density at radius 2 is 1.88 bits per heavy atom. The molecule has 0 atom stereocenters. The molecule has 0 N–H and O–H groups in total. The van der Waals surface area contributed by atoms with E-state index in [9.17, 15) is 17.6 Å². The van der Waals surface area contributed by atoms with Crippen LogP contribution in [-0.2, 0) is 6.54 Å². The van der Waals surface area contributed by atoms with Crippen molar-refractivity contribution in [1.82, 2.24) is 4.57 Å². The molecule has 92 valence electrons. The Labute approximate surface area is 95.7 Å². The molecule has 0 amide bonds. The van der Waals surface area contributed by atoms with E-state index in [-0.39, 0.29) is 18.8 Å². The number of hydrogen-bond acceptors (Lipinski definition) is 0. The fourth-order valence-corrected chi connectivity index (χ4v) is 1.83. The van der Waals surface area contributed by atoms with Gasteiger partial charge in [-0.15, -0.1) is 0 Å². The molecule has 0 unspecified atom stereocenters. The fraction of sp³-hybridized carbons (Fsp3) is 0.333. The van der Waals surface area contributed by atoms with Crippen molar-refractivity contribution in [3.05, 3.63) is 36.3 Å². The summed E-state index contributed by atoms with van der Waals surface area (Å²) in [5, 5.41) is 0.444. The first kappa shape index (κ1) is 12.0. The predicted molar refractivity (Wildman–Crippen MR) is 57.2 cm³/mol. The lowest BCUT2D eigenvalue weighted by molar-refractivity contribution is -0.135. The summed E-state index contributed by atoms with van der Waals surface area (Å²) >= 11 is 0. The summed E-state index contributed by atoms with van der Waals surface area (Å²) in [6.07, 6.45) is -3.33. The van der Waals surface area contributed by atoms with Crippen molar-refractivity contribution in [2.45, 2.75) is 25.6 Å². The minimum Gasteiger partial charge on any atom is -0.347 e. The van der Waals surface area contributed by atoms with Gasteiger partial charge in [-0.2, -0.15) is 13.2 Å². The molecular weight excluding hydrogens is 234 g/mol. The highest BCUT2D eigenvalue weighted by molar-refractivity contribution is 5.80. The van der Waals surface area contributed by atoms with Gasteiger partial charge >= 0.3 is 6.18 Å². The van der Waals surface area contributed by atoms with Crippen LogP contribution in [-0.4, -0.2) is 10.7 Å². The first-order chi connectivity index (χ1) is 7.97. The Hall–Kier alpha value is -1.52. The van der Waals surface area contributed by atoms with Crippen LogP contribution in [0.15, 0.2) is 30.5 Å². The molecule has 0 radical (unpaired) electrons. The number of halogens is 4. The topological polar surface area (TPSA) is 4.93 Å². The van der Waals surface area contributed by atoms with Crippen LogP contribution in [0.3, 0.4) is 0 Å². The van der Waals surface area contributed by atoms with E-state index >= 15 is 0 Å². The monoisotopic (exact) mass is 245 g/mol. The number of nitrogens with zero attached hydrogens (tertiary/aromatic N) is 1. The second kappa shape index (κ2) is 4.39. The van der Waals surface area contributed by atoms with Gasteiger partial charge in [-0.1, -0.05) is 6.07 Å². The lowest BCUT2D eigenvalue weighted by Crippen LogP contribution is -2.08. The van der Waals surface area contributed by atoms with Crippen molar-refractivity contribution in [2.24, 2.45) is 0 Å². The molecule has 1 aromatic heterocycles. The predicted octanol–water partition coefficient (Wildman–Crippen LogP) is 4.12. The van der Waals surface area contributed by atoms with Crippen LogP contribution >= 0.6 is 0 Å². The van der Waals surface area contributed by atoms with Gasteiger partial charge in [-0.3, -0.25) is 0 Å². The molecule has 0 aliphatic carbocycles. The smallest absolute Gasteiger partial charge is 0.347 e. The van der Waals surface area contributed by atoms with Gasteiger partial charge in [0.25, 0.3) is 0 Å². The summed E-state index contributed by atoms with van der Waals surface area (Å²) in [4.78, 5) is 0. The largest absolute Gasteiger partial charge is 0.389 e. The highest BCUT2D eigenvalue weighted by atomic mass is 19.4. The number of benzene rings is 1. The lowest BCUT2D eigenvalue weighted by Gasteiger charge is -2.08. The van der Waals surface area contributed by atoms with Crippen molar-refractivity contribution in [3.63, 3.8) is 0 Å². The van der Waals surface area contributed by atoms with Crippen molar-refractivity contribution < 1.29 is 17.6 Å². The number of fused-ring (bicyclic) bond motifs is 1. The number of rotatable bonds is 3. The van der Waals surface area contributed by atoms with E-state index in [0.717, 1.165) is 0 Å². The SMILES string of the molecule is Fc1cccc2c1ccn2CCCC(F)(F)F. The molecule has 1 nitrogen and oxygen atoms in total. The van der Waals surface area contributed by atoms with Gasteiger partial charge in [0.2, 0.25) is 0 Å². The zero-order chi connectivity index (χ0) is 12.5. The normalized spacial score (nSPS) is 12.2. The van der Waals surface area contributed by atoms with Crippen molar-refractivity contribution in [3.8, 4) is 0 Å². The minimum atomic E-state index is -4.13. The van der Waals surface area contributed by atoms with Gasteiger partial charge < -0.3 is 4.57 Å². The molecule has 0 saturated heterocycles. The first-order valence-corrected chi connectivity index (χ1v) is 5.27. The van der Waals surface area contributed by atoms with Crippen LogP contribution in [0, 0.1) is 5.82 Å². The molecule has 0 spiro atoms. The average molecular weight is 245 g/mol. The van der Waals surface area contributed by atoms with Crippen LogP contribution < -0.4 is 0 Å². The number of hydrogen-bond donors (Lipinski definition) is 0. The number of alkyl halides is 3. The molecule has 17 heavy (non-hydrogen) atoms. The Bertz CT molecular complexity index is 513. The first-order valence-electron chi connectivity index (χ1n) is 5.27. The van der Waals surface area contributed by atoms with Gasteiger partial charge in [0.05, 0.1) is 5.52 Å². The summed E-state index contributed by atoms with van der Waals surface area (Å²) in [5.41, 5.74) is 0.632. The van der Waals surface area contributed by atoms with Crippen LogP contribution in [0.5, 0.6) is 0 Å². The second-order valence-electron chi connectivity index (χ2n) is 3.90. The van der Waals surface area contributed by atoms with Crippen molar-refractivity contribution in [2.75, 3.05) is 0 Å². The maximum Gasteiger partial charge on any atom is 0.389 e.